The van der Waals surface area contributed by atoms with Gasteiger partial charge in [0.15, 0.2) is 0 Å². The summed E-state index contributed by atoms with van der Waals surface area (Å²) >= 11 is 0. The molecule has 1 fully saturated rings. The molecule has 0 spiro atoms. The summed E-state index contributed by atoms with van der Waals surface area (Å²) < 4.78 is 112. The van der Waals surface area contributed by atoms with Crippen LogP contribution in [0.4, 0.5) is 30.7 Å². The number of halogens is 7. The van der Waals surface area contributed by atoms with E-state index in [2.05, 4.69) is 9.97 Å². The molecule has 15 heteroatoms. The number of aliphatic hydroxyl groups is 2. The summed E-state index contributed by atoms with van der Waals surface area (Å²) in [6, 6.07) is 8.38. The van der Waals surface area contributed by atoms with Crippen molar-refractivity contribution < 1.29 is 55.2 Å². The Morgan fingerprint density at radius 3 is 2.36 bits per heavy atom. The van der Waals surface area contributed by atoms with Gasteiger partial charge in [-0.25, -0.2) is 27.5 Å². The molecule has 0 bridgehead atoms. The van der Waals surface area contributed by atoms with E-state index in [1.165, 1.54) is 18.2 Å². The summed E-state index contributed by atoms with van der Waals surface area (Å²) in [7, 11) is 0. The number of alkyl halides is 5. The predicted molar refractivity (Wildman–Crippen MR) is 152 cm³/mol. The average Bonchev–Trinajstić information content (AvgIpc) is 3.79. The minimum atomic E-state index is -5.49. The highest BCUT2D eigenvalue weighted by Crippen LogP contribution is 2.48. The van der Waals surface area contributed by atoms with Crippen LogP contribution in [0.3, 0.4) is 0 Å². The van der Waals surface area contributed by atoms with E-state index in [9.17, 15) is 45.7 Å². The monoisotopic (exact) mass is 665 g/mol. The van der Waals surface area contributed by atoms with Gasteiger partial charge in [0.25, 0.3) is 5.91 Å². The van der Waals surface area contributed by atoms with Gasteiger partial charge in [0.1, 0.15) is 60.0 Å². The fourth-order valence-corrected chi connectivity index (χ4v) is 5.24. The van der Waals surface area contributed by atoms with Crippen LogP contribution in [0.2, 0.25) is 0 Å². The molecule has 1 atom stereocenters. The Morgan fingerprint density at radius 2 is 1.74 bits per heavy atom. The first kappa shape index (κ1) is 32.4. The summed E-state index contributed by atoms with van der Waals surface area (Å²) in [4.78, 5) is 21.3. The van der Waals surface area contributed by atoms with E-state index >= 15 is 0 Å². The molecule has 1 amide bonds. The van der Waals surface area contributed by atoms with Gasteiger partial charge in [-0.3, -0.25) is 4.79 Å². The number of aromatic nitrogens is 2. The summed E-state index contributed by atoms with van der Waals surface area (Å²) in [6.07, 6.45) is -4.33. The molecule has 3 heterocycles. The van der Waals surface area contributed by atoms with Crippen molar-refractivity contribution in [3.8, 4) is 22.8 Å². The molecule has 0 saturated heterocycles. The quantitative estimate of drug-likeness (QED) is 0.196. The van der Waals surface area contributed by atoms with Gasteiger partial charge in [-0.05, 0) is 61.4 Å². The van der Waals surface area contributed by atoms with E-state index in [1.807, 2.05) is 5.32 Å². The van der Waals surface area contributed by atoms with E-state index in [4.69, 9.17) is 9.47 Å². The van der Waals surface area contributed by atoms with E-state index in [1.54, 1.807) is 0 Å². The highest BCUT2D eigenvalue weighted by molar-refractivity contribution is 6.00. The Labute approximate surface area is 262 Å². The molecule has 2 aliphatic rings. The van der Waals surface area contributed by atoms with Gasteiger partial charge in [-0.2, -0.15) is 13.2 Å². The van der Waals surface area contributed by atoms with Gasteiger partial charge in [0.2, 0.25) is 5.60 Å². The zero-order valence-corrected chi connectivity index (χ0v) is 24.3. The molecule has 2 aromatic heterocycles. The number of aliphatic hydroxyl groups excluding tert-OH is 1. The number of amides is 1. The Morgan fingerprint density at radius 1 is 1.04 bits per heavy atom. The number of carbonyl (C=O) groups is 1. The number of benzene rings is 2. The number of hydrogen-bond donors (Lipinski definition) is 3. The third kappa shape index (κ3) is 5.82. The second-order valence-electron chi connectivity index (χ2n) is 11.6. The van der Waals surface area contributed by atoms with Crippen LogP contribution in [-0.4, -0.2) is 64.9 Å². The molecule has 47 heavy (non-hydrogen) atoms. The lowest BCUT2D eigenvalue weighted by molar-refractivity contribution is -0.265. The number of nitrogens with one attached hydrogen (secondary N) is 1. The Balaban J connectivity index is 1.40. The number of hydrogen-bond acceptors (Lipinski definition) is 7. The summed E-state index contributed by atoms with van der Waals surface area (Å²) in [5.74, 6) is -2.87. The molecule has 8 nitrogen and oxygen atoms in total. The van der Waals surface area contributed by atoms with Crippen molar-refractivity contribution in [2.45, 2.75) is 42.7 Å². The van der Waals surface area contributed by atoms with Gasteiger partial charge in [0.05, 0.1) is 30.4 Å². The molecule has 248 valence electrons. The highest BCUT2D eigenvalue weighted by atomic mass is 19.4. The van der Waals surface area contributed by atoms with E-state index in [-0.39, 0.29) is 56.6 Å². The largest absolute Gasteiger partial charge is 0.490 e. The third-order valence-corrected chi connectivity index (χ3v) is 8.20. The zero-order chi connectivity index (χ0) is 33.7. The third-order valence-electron chi connectivity index (χ3n) is 8.20. The fourth-order valence-electron chi connectivity index (χ4n) is 5.24. The van der Waals surface area contributed by atoms with E-state index in [0.29, 0.717) is 18.9 Å². The summed E-state index contributed by atoms with van der Waals surface area (Å²) in [5, 5.41) is 22.8. The number of carbonyl (C=O) groups excluding carboxylic acids is 1. The highest BCUT2D eigenvalue weighted by Gasteiger charge is 2.57. The Kier molecular flexibility index (Phi) is 8.24. The molecule has 2 aromatic carbocycles. The number of pyridine rings is 2. The standard InChI is InChI=1S/C32H26F7N3O5/c33-12-30(13-34)15-46-28-21(30)10-25(42-27(28)16-1-3-19(35)4-2-16)31(45,32(37,38)39)14-40-29(44)18-7-17-8-22(36)23(11-43)41-26(17)24(9-18)47-20-5-6-20/h1-4,7-10,20,43,45H,5-6,11-15H2,(H,40,44). The lowest BCUT2D eigenvalue weighted by Gasteiger charge is -2.31. The maximum absolute atomic E-state index is 14.7. The predicted octanol–water partition coefficient (Wildman–Crippen LogP) is 5.36. The molecule has 1 saturated carbocycles. The van der Waals surface area contributed by atoms with Crippen LogP contribution < -0.4 is 14.8 Å². The van der Waals surface area contributed by atoms with E-state index in [0.717, 1.165) is 24.3 Å². The van der Waals surface area contributed by atoms with Gasteiger partial charge in [-0.15, -0.1) is 0 Å². The second-order valence-corrected chi connectivity index (χ2v) is 11.6. The summed E-state index contributed by atoms with van der Waals surface area (Å²) in [6.45, 7) is -5.50. The maximum atomic E-state index is 14.7. The molecular weight excluding hydrogens is 639 g/mol. The van der Waals surface area contributed by atoms with Gasteiger partial charge in [-0.1, -0.05) is 0 Å². The molecular formula is C32H26F7N3O5. The lowest BCUT2D eigenvalue weighted by Crippen LogP contribution is -2.51. The number of ether oxygens (including phenoxy) is 2. The van der Waals surface area contributed by atoms with Crippen LogP contribution in [-0.2, 0) is 17.6 Å². The number of rotatable bonds is 10. The Hall–Kier alpha value is -4.50. The van der Waals surface area contributed by atoms with Crippen molar-refractivity contribution in [2.75, 3.05) is 26.5 Å². The average molecular weight is 666 g/mol. The van der Waals surface area contributed by atoms with Crippen LogP contribution >= 0.6 is 0 Å². The zero-order valence-electron chi connectivity index (χ0n) is 24.3. The SMILES string of the molecule is O=C(NCC(O)(c1cc2c(c(-c3ccc(F)cc3)n1)OCC2(CF)CF)C(F)(F)F)c1cc(OC2CC2)c2nc(CO)c(F)cc2c1. The fraction of sp³-hybridized carbons (Fsp3) is 0.344. The smallest absolute Gasteiger partial charge is 0.424 e. The van der Waals surface area contributed by atoms with Crippen molar-refractivity contribution in [2.24, 2.45) is 0 Å². The second kappa shape index (κ2) is 11.9. The first-order valence-corrected chi connectivity index (χ1v) is 14.4. The van der Waals surface area contributed by atoms with Crippen molar-refractivity contribution in [3.05, 3.63) is 82.7 Å². The van der Waals surface area contributed by atoms with Gasteiger partial charge in [0, 0.05) is 22.1 Å². The summed E-state index contributed by atoms with van der Waals surface area (Å²) in [5.41, 5.74) is -8.03. The number of fused-ring (bicyclic) bond motifs is 2. The molecule has 1 aliphatic carbocycles. The van der Waals surface area contributed by atoms with Gasteiger partial charge >= 0.3 is 6.18 Å². The van der Waals surface area contributed by atoms with Crippen molar-refractivity contribution >= 4 is 16.8 Å². The Bertz CT molecular complexity index is 1850. The molecule has 4 aromatic rings. The minimum absolute atomic E-state index is 0.0361. The molecule has 1 aliphatic heterocycles. The number of nitrogens with zero attached hydrogens (tertiary/aromatic N) is 2. The minimum Gasteiger partial charge on any atom is -0.490 e. The van der Waals surface area contributed by atoms with Gasteiger partial charge < -0.3 is 25.0 Å². The van der Waals surface area contributed by atoms with Crippen LogP contribution in [0.15, 0.2) is 48.5 Å². The van der Waals surface area contributed by atoms with Crippen LogP contribution in [0.25, 0.3) is 22.2 Å². The van der Waals surface area contributed by atoms with Crippen LogP contribution in [0, 0.1) is 11.6 Å². The molecule has 3 N–H and O–H groups in total. The molecule has 1 unspecified atom stereocenters. The maximum Gasteiger partial charge on any atom is 0.424 e. The topological polar surface area (TPSA) is 114 Å². The normalized spacial score (nSPS) is 16.8. The van der Waals surface area contributed by atoms with Crippen LogP contribution in [0.1, 0.15) is 40.2 Å². The molecule has 0 radical (unpaired) electrons. The molecule has 6 rings (SSSR count). The van der Waals surface area contributed by atoms with Crippen molar-refractivity contribution in [1.82, 2.24) is 15.3 Å². The lowest BCUT2D eigenvalue weighted by atomic mass is 9.82. The van der Waals surface area contributed by atoms with Crippen molar-refractivity contribution in [3.63, 3.8) is 0 Å². The van der Waals surface area contributed by atoms with E-state index < -0.39 is 73.5 Å². The van der Waals surface area contributed by atoms with Crippen LogP contribution in [0.5, 0.6) is 11.5 Å². The first-order chi connectivity index (χ1) is 22.3. The van der Waals surface area contributed by atoms with Crippen molar-refractivity contribution in [1.29, 1.82) is 0 Å². The first-order valence-electron chi connectivity index (χ1n) is 14.4.